The SMILES string of the molecule is CCN(CC)CC.[N-]=[N+]=N[C@@H]1[C@H](O)[C@@H](COP(=O)(O)OP(=O)(O)O[C@H]2O[C@H](CO)[C@@H](O)[C@H](O)[C@H]2O)O[C@H]1n1ccc(=O)[nH]c1=O. The fraction of sp³-hybridized carbons (Fsp3) is 0.810. The summed E-state index contributed by atoms with van der Waals surface area (Å²) in [5, 5.41) is 52.2. The molecule has 1 aromatic rings. The second kappa shape index (κ2) is 17.2. The maximum Gasteiger partial charge on any atom is 0.483 e. The molecule has 3 rings (SSSR count). The van der Waals surface area contributed by atoms with Crippen molar-refractivity contribution in [3.63, 3.8) is 0 Å². The Morgan fingerprint density at radius 2 is 1.62 bits per heavy atom. The highest BCUT2D eigenvalue weighted by molar-refractivity contribution is 7.61. The second-order valence-corrected chi connectivity index (χ2v) is 12.5. The van der Waals surface area contributed by atoms with Crippen molar-refractivity contribution < 1.29 is 67.3 Å². The molecule has 0 spiro atoms. The molecule has 1 aromatic heterocycles. The van der Waals surface area contributed by atoms with Gasteiger partial charge in [0.25, 0.3) is 5.56 Å². The first-order valence-electron chi connectivity index (χ1n) is 13.5. The standard InChI is InChI=1S/C15H23N5O16P2.C6H15N/c16-19-18-8-9(23)6(33-13(8)20-2-1-7(22)17-15(20)27)4-32-37(28,29)36-38(30,31)35-14-12(26)11(25)10(24)5(3-21)34-14;1-4-7(5-2)6-3/h1-2,5-6,8-14,21,23-26H,3-4H2,(H,28,29)(H,30,31)(H,17,22,27);4-6H2,1-3H3/t5-,6-,8-,9-,10-,11+,12-,13-,14-;/m1./s1. The minimum atomic E-state index is -5.62. The van der Waals surface area contributed by atoms with Gasteiger partial charge in [-0.1, -0.05) is 25.9 Å². The number of azide groups is 1. The molecule has 2 unspecified atom stereocenters. The van der Waals surface area contributed by atoms with Crippen molar-refractivity contribution in [2.24, 2.45) is 5.11 Å². The highest BCUT2D eigenvalue weighted by atomic mass is 31.3. The molecule has 24 heteroatoms. The number of hydrogen-bond acceptors (Lipinski definition) is 16. The van der Waals surface area contributed by atoms with E-state index in [1.54, 1.807) is 0 Å². The number of aliphatic hydroxyl groups excluding tert-OH is 5. The lowest BCUT2D eigenvalue weighted by Gasteiger charge is -2.39. The topological polar surface area (TPSA) is 329 Å². The maximum atomic E-state index is 12.3. The number of aliphatic hydroxyl groups is 5. The smallest absolute Gasteiger partial charge is 0.394 e. The summed E-state index contributed by atoms with van der Waals surface area (Å²) < 4.78 is 48.5. The van der Waals surface area contributed by atoms with E-state index >= 15 is 0 Å². The summed E-state index contributed by atoms with van der Waals surface area (Å²) in [6.45, 7) is 8.18. The van der Waals surface area contributed by atoms with E-state index in [1.807, 2.05) is 4.98 Å². The summed E-state index contributed by atoms with van der Waals surface area (Å²) >= 11 is 0. The predicted molar refractivity (Wildman–Crippen MR) is 149 cm³/mol. The normalized spacial score (nSPS) is 32.6. The van der Waals surface area contributed by atoms with Crippen molar-refractivity contribution in [3.8, 4) is 0 Å². The Kier molecular flexibility index (Phi) is 14.9. The molecule has 0 amide bonds. The first kappa shape index (κ1) is 39.1. The van der Waals surface area contributed by atoms with E-state index in [-0.39, 0.29) is 0 Å². The monoisotopic (exact) mass is 692 g/mol. The predicted octanol–water partition coefficient (Wildman–Crippen LogP) is -2.13. The highest BCUT2D eigenvalue weighted by Gasteiger charge is 2.49. The molecule has 0 aliphatic carbocycles. The van der Waals surface area contributed by atoms with Gasteiger partial charge in [-0.25, -0.2) is 13.9 Å². The number of aromatic nitrogens is 2. The molecule has 0 radical (unpaired) electrons. The largest absolute Gasteiger partial charge is 0.483 e. The average Bonchev–Trinajstić information content (AvgIpc) is 3.27. The zero-order valence-corrected chi connectivity index (χ0v) is 26.1. The van der Waals surface area contributed by atoms with Crippen LogP contribution in [0.2, 0.25) is 0 Å². The Balaban J connectivity index is 0.000000900. The average molecular weight is 693 g/mol. The van der Waals surface area contributed by atoms with Crippen LogP contribution in [0.15, 0.2) is 27.0 Å². The zero-order valence-electron chi connectivity index (χ0n) is 24.3. The van der Waals surface area contributed by atoms with Crippen molar-refractivity contribution in [2.45, 2.75) is 76.0 Å². The third-order valence-electron chi connectivity index (χ3n) is 6.68. The number of nitrogens with one attached hydrogen (secondary N) is 1. The molecule has 0 aromatic carbocycles. The molecule has 2 saturated heterocycles. The van der Waals surface area contributed by atoms with Crippen molar-refractivity contribution in [3.05, 3.63) is 43.5 Å². The van der Waals surface area contributed by atoms with Crippen molar-refractivity contribution >= 4 is 15.6 Å². The van der Waals surface area contributed by atoms with Gasteiger partial charge in [0.2, 0.25) is 0 Å². The lowest BCUT2D eigenvalue weighted by Crippen LogP contribution is -2.58. The van der Waals surface area contributed by atoms with Crippen molar-refractivity contribution in [1.82, 2.24) is 14.5 Å². The summed E-state index contributed by atoms with van der Waals surface area (Å²) in [5.74, 6) is 0. The van der Waals surface area contributed by atoms with E-state index in [9.17, 15) is 48.9 Å². The molecule has 0 saturated carbocycles. The van der Waals surface area contributed by atoms with E-state index < -0.39 is 95.3 Å². The lowest BCUT2D eigenvalue weighted by atomic mass is 10.00. The van der Waals surface area contributed by atoms with Crippen LogP contribution in [-0.2, 0) is 32.0 Å². The highest BCUT2D eigenvalue weighted by Crippen LogP contribution is 2.61. The Morgan fingerprint density at radius 1 is 1.00 bits per heavy atom. The molecular weight excluding hydrogens is 654 g/mol. The first-order valence-corrected chi connectivity index (χ1v) is 16.5. The van der Waals surface area contributed by atoms with E-state index in [0.717, 1.165) is 16.8 Å². The summed E-state index contributed by atoms with van der Waals surface area (Å²) in [5.41, 5.74) is 7.01. The Hall–Kier alpha value is -2.07. The summed E-state index contributed by atoms with van der Waals surface area (Å²) in [7, 11) is -11.1. The maximum absolute atomic E-state index is 12.3. The van der Waals surface area contributed by atoms with Crippen LogP contribution in [0.3, 0.4) is 0 Å². The number of ether oxygens (including phenoxy) is 2. The fourth-order valence-electron chi connectivity index (χ4n) is 4.21. The van der Waals surface area contributed by atoms with Crippen LogP contribution in [0.5, 0.6) is 0 Å². The Labute approximate surface area is 255 Å². The molecule has 2 fully saturated rings. The Bertz CT molecular complexity index is 1350. The minimum Gasteiger partial charge on any atom is -0.394 e. The van der Waals surface area contributed by atoms with Crippen LogP contribution in [0.4, 0.5) is 0 Å². The third kappa shape index (κ3) is 10.7. The van der Waals surface area contributed by atoms with E-state index in [2.05, 4.69) is 49.1 Å². The molecule has 8 N–H and O–H groups in total. The fourth-order valence-corrected chi connectivity index (χ4v) is 6.36. The molecule has 11 atom stereocenters. The summed E-state index contributed by atoms with van der Waals surface area (Å²) in [6.07, 6.45) is -13.6. The van der Waals surface area contributed by atoms with Crippen LogP contribution in [0.1, 0.15) is 27.0 Å². The van der Waals surface area contributed by atoms with Gasteiger partial charge in [0.15, 0.2) is 6.29 Å². The van der Waals surface area contributed by atoms with Gasteiger partial charge in [-0.2, -0.15) is 4.31 Å². The van der Waals surface area contributed by atoms with Crippen LogP contribution >= 0.6 is 15.6 Å². The van der Waals surface area contributed by atoms with Gasteiger partial charge in [0, 0.05) is 17.2 Å². The van der Waals surface area contributed by atoms with Crippen molar-refractivity contribution in [2.75, 3.05) is 32.8 Å². The van der Waals surface area contributed by atoms with Gasteiger partial charge in [0.05, 0.1) is 19.3 Å². The van der Waals surface area contributed by atoms with Crippen LogP contribution in [-0.4, -0.2) is 132 Å². The minimum absolute atomic E-state index is 0.759. The van der Waals surface area contributed by atoms with Gasteiger partial charge in [-0.05, 0) is 25.2 Å². The quantitative estimate of drug-likeness (QED) is 0.0474. The molecule has 258 valence electrons. The first-order chi connectivity index (χ1) is 21.0. The number of nitrogens with zero attached hydrogens (tertiary/aromatic N) is 5. The van der Waals surface area contributed by atoms with E-state index in [0.29, 0.717) is 0 Å². The van der Waals surface area contributed by atoms with Gasteiger partial charge < -0.3 is 49.7 Å². The Morgan fingerprint density at radius 3 is 2.13 bits per heavy atom. The van der Waals surface area contributed by atoms with E-state index in [1.165, 1.54) is 19.6 Å². The number of phosphoric ester groups is 2. The van der Waals surface area contributed by atoms with E-state index in [4.69, 9.17) is 20.1 Å². The molecule has 0 bridgehead atoms. The third-order valence-corrected chi connectivity index (χ3v) is 9.28. The molecule has 22 nitrogen and oxygen atoms in total. The van der Waals surface area contributed by atoms with Crippen LogP contribution in [0, 0.1) is 0 Å². The lowest BCUT2D eigenvalue weighted by molar-refractivity contribution is -0.280. The molecule has 3 heterocycles. The summed E-state index contributed by atoms with van der Waals surface area (Å²) in [4.78, 5) is 49.8. The molecule has 2 aliphatic heterocycles. The van der Waals surface area contributed by atoms with Gasteiger partial charge in [-0.15, -0.1) is 0 Å². The van der Waals surface area contributed by atoms with Gasteiger partial charge in [-0.3, -0.25) is 23.4 Å². The van der Waals surface area contributed by atoms with Crippen LogP contribution < -0.4 is 11.2 Å². The second-order valence-electron chi connectivity index (χ2n) is 9.51. The number of hydrogen-bond donors (Lipinski definition) is 8. The number of H-pyrrole nitrogens is 1. The van der Waals surface area contributed by atoms with Gasteiger partial charge >= 0.3 is 21.3 Å². The van der Waals surface area contributed by atoms with Crippen molar-refractivity contribution in [1.29, 1.82) is 0 Å². The molecular formula is C21H38N6O16P2. The van der Waals surface area contributed by atoms with Gasteiger partial charge in [0.1, 0.15) is 42.8 Å². The summed E-state index contributed by atoms with van der Waals surface area (Å²) in [6, 6.07) is -0.562. The molecule has 2 aliphatic rings. The zero-order chi connectivity index (χ0) is 34.1. The number of rotatable bonds is 13. The molecule has 45 heavy (non-hydrogen) atoms. The number of aromatic amines is 1. The number of phosphoric acid groups is 2. The van der Waals surface area contributed by atoms with Crippen LogP contribution in [0.25, 0.3) is 10.4 Å².